The highest BCUT2D eigenvalue weighted by Gasteiger charge is 2.24. The Morgan fingerprint density at radius 1 is 1.50 bits per heavy atom. The van der Waals surface area contributed by atoms with E-state index in [1.54, 1.807) is 0 Å². The van der Waals surface area contributed by atoms with Gasteiger partial charge in [-0.3, -0.25) is 10.4 Å². The van der Waals surface area contributed by atoms with Gasteiger partial charge in [0.15, 0.2) is 0 Å². The van der Waals surface area contributed by atoms with Gasteiger partial charge in [0.1, 0.15) is 0 Å². The summed E-state index contributed by atoms with van der Waals surface area (Å²) in [5, 5.41) is 0. The molecule has 1 heterocycles. The quantitative estimate of drug-likeness (QED) is 0.325. The lowest BCUT2D eigenvalue weighted by Gasteiger charge is -2.38. The molecule has 1 aliphatic heterocycles. The molecule has 16 heavy (non-hydrogen) atoms. The minimum absolute atomic E-state index is 0.533. The van der Waals surface area contributed by atoms with Crippen molar-refractivity contribution in [3.63, 3.8) is 0 Å². The average molecular weight is 226 g/mol. The SMILES string of the molecule is CC(C)CN=C(NN)N1CCC(C)CC1C. The highest BCUT2D eigenvalue weighted by atomic mass is 15.4. The molecule has 4 nitrogen and oxygen atoms in total. The number of hydrogen-bond acceptors (Lipinski definition) is 2. The molecule has 3 N–H and O–H groups in total. The van der Waals surface area contributed by atoms with E-state index in [4.69, 9.17) is 5.84 Å². The zero-order valence-corrected chi connectivity index (χ0v) is 11.0. The Morgan fingerprint density at radius 2 is 2.19 bits per heavy atom. The van der Waals surface area contributed by atoms with Crippen LogP contribution in [0.3, 0.4) is 0 Å². The summed E-state index contributed by atoms with van der Waals surface area (Å²) in [5.74, 6) is 7.81. The van der Waals surface area contributed by atoms with Crippen LogP contribution in [-0.2, 0) is 0 Å². The third-order valence-corrected chi connectivity index (χ3v) is 3.15. The van der Waals surface area contributed by atoms with Crippen LogP contribution in [0.1, 0.15) is 40.5 Å². The van der Waals surface area contributed by atoms with Gasteiger partial charge in [-0.15, -0.1) is 0 Å². The first kappa shape index (κ1) is 13.3. The number of piperidine rings is 1. The number of guanidine groups is 1. The van der Waals surface area contributed by atoms with Gasteiger partial charge in [-0.1, -0.05) is 20.8 Å². The fourth-order valence-corrected chi connectivity index (χ4v) is 2.21. The first-order chi connectivity index (χ1) is 7.54. The minimum atomic E-state index is 0.533. The Bertz CT molecular complexity index is 237. The molecule has 0 aromatic carbocycles. The van der Waals surface area contributed by atoms with Crippen LogP contribution in [0.15, 0.2) is 4.99 Å². The van der Waals surface area contributed by atoms with Crippen molar-refractivity contribution < 1.29 is 0 Å². The van der Waals surface area contributed by atoms with Crippen molar-refractivity contribution in [3.05, 3.63) is 0 Å². The van der Waals surface area contributed by atoms with Crippen molar-refractivity contribution in [2.24, 2.45) is 22.7 Å². The number of aliphatic imine (C=N–C) groups is 1. The maximum absolute atomic E-state index is 5.56. The van der Waals surface area contributed by atoms with Gasteiger partial charge in [-0.05, 0) is 31.6 Å². The van der Waals surface area contributed by atoms with Gasteiger partial charge >= 0.3 is 0 Å². The summed E-state index contributed by atoms with van der Waals surface area (Å²) in [5.41, 5.74) is 2.75. The summed E-state index contributed by atoms with van der Waals surface area (Å²) >= 11 is 0. The van der Waals surface area contributed by atoms with Gasteiger partial charge < -0.3 is 4.90 Å². The number of hydrogen-bond donors (Lipinski definition) is 2. The van der Waals surface area contributed by atoms with E-state index < -0.39 is 0 Å². The van der Waals surface area contributed by atoms with Crippen LogP contribution in [0.5, 0.6) is 0 Å². The Labute approximate surface area is 99.3 Å². The van der Waals surface area contributed by atoms with Crippen molar-refractivity contribution >= 4 is 5.96 Å². The summed E-state index contributed by atoms with van der Waals surface area (Å²) in [6, 6.07) is 0.533. The lowest BCUT2D eigenvalue weighted by atomic mass is 9.94. The summed E-state index contributed by atoms with van der Waals surface area (Å²) in [7, 11) is 0. The van der Waals surface area contributed by atoms with E-state index in [-0.39, 0.29) is 0 Å². The molecular weight excluding hydrogens is 200 g/mol. The zero-order valence-electron chi connectivity index (χ0n) is 11.0. The topological polar surface area (TPSA) is 53.6 Å². The molecule has 0 aromatic heterocycles. The monoisotopic (exact) mass is 226 g/mol. The van der Waals surface area contributed by atoms with Crippen molar-refractivity contribution in [1.82, 2.24) is 10.3 Å². The highest BCUT2D eigenvalue weighted by molar-refractivity contribution is 5.79. The van der Waals surface area contributed by atoms with Gasteiger partial charge in [0.25, 0.3) is 0 Å². The molecule has 1 rings (SSSR count). The maximum atomic E-state index is 5.56. The average Bonchev–Trinajstić information content (AvgIpc) is 2.21. The summed E-state index contributed by atoms with van der Waals surface area (Å²) in [6.45, 7) is 10.8. The van der Waals surface area contributed by atoms with E-state index in [9.17, 15) is 0 Å². The fourth-order valence-electron chi connectivity index (χ4n) is 2.21. The van der Waals surface area contributed by atoms with Crippen molar-refractivity contribution in [2.75, 3.05) is 13.1 Å². The van der Waals surface area contributed by atoms with E-state index in [2.05, 4.69) is 43.0 Å². The van der Waals surface area contributed by atoms with Crippen molar-refractivity contribution in [1.29, 1.82) is 0 Å². The van der Waals surface area contributed by atoms with E-state index in [0.29, 0.717) is 12.0 Å². The van der Waals surface area contributed by atoms with Gasteiger partial charge in [-0.25, -0.2) is 5.84 Å². The Morgan fingerprint density at radius 3 is 2.69 bits per heavy atom. The van der Waals surface area contributed by atoms with Gasteiger partial charge in [0.2, 0.25) is 5.96 Å². The zero-order chi connectivity index (χ0) is 12.1. The van der Waals surface area contributed by atoms with Crippen molar-refractivity contribution in [2.45, 2.75) is 46.6 Å². The summed E-state index contributed by atoms with van der Waals surface area (Å²) in [6.07, 6.45) is 2.45. The first-order valence-electron chi connectivity index (χ1n) is 6.32. The molecule has 2 atom stereocenters. The second-order valence-corrected chi connectivity index (χ2v) is 5.37. The van der Waals surface area contributed by atoms with Crippen LogP contribution in [0.4, 0.5) is 0 Å². The van der Waals surface area contributed by atoms with Crippen LogP contribution in [0.25, 0.3) is 0 Å². The molecule has 2 unspecified atom stereocenters. The number of nitrogens with one attached hydrogen (secondary N) is 1. The van der Waals surface area contributed by atoms with E-state index in [1.807, 2.05) is 0 Å². The Hall–Kier alpha value is -0.770. The molecule has 0 aliphatic carbocycles. The predicted molar refractivity (Wildman–Crippen MR) is 69.0 cm³/mol. The third kappa shape index (κ3) is 3.67. The standard InChI is InChI=1S/C12H26N4/c1-9(2)8-14-12(15-13)16-6-5-10(3)7-11(16)4/h9-11H,5-8,13H2,1-4H3,(H,14,15). The molecule has 0 aromatic rings. The molecule has 1 fully saturated rings. The van der Waals surface area contributed by atoms with Gasteiger partial charge in [0, 0.05) is 19.1 Å². The molecule has 0 saturated carbocycles. The molecule has 1 aliphatic rings. The van der Waals surface area contributed by atoms with Crippen LogP contribution in [-0.4, -0.2) is 30.0 Å². The lowest BCUT2D eigenvalue weighted by molar-refractivity contribution is 0.203. The van der Waals surface area contributed by atoms with Crippen LogP contribution in [0.2, 0.25) is 0 Å². The number of nitrogens with zero attached hydrogens (tertiary/aromatic N) is 2. The Kier molecular flexibility index (Phi) is 5.06. The van der Waals surface area contributed by atoms with Crippen molar-refractivity contribution in [3.8, 4) is 0 Å². The molecule has 0 bridgehead atoms. The Balaban J connectivity index is 2.61. The number of rotatable bonds is 2. The minimum Gasteiger partial charge on any atom is -0.339 e. The summed E-state index contributed by atoms with van der Waals surface area (Å²) < 4.78 is 0. The van der Waals surface area contributed by atoms with Gasteiger partial charge in [-0.2, -0.15) is 0 Å². The largest absolute Gasteiger partial charge is 0.339 e. The predicted octanol–water partition coefficient (Wildman–Crippen LogP) is 1.58. The molecular formula is C12H26N4. The third-order valence-electron chi connectivity index (χ3n) is 3.15. The van der Waals surface area contributed by atoms with Gasteiger partial charge in [0.05, 0.1) is 0 Å². The number of hydrazine groups is 1. The molecule has 4 heteroatoms. The van der Waals surface area contributed by atoms with E-state index in [1.165, 1.54) is 12.8 Å². The molecule has 0 spiro atoms. The summed E-state index contributed by atoms with van der Waals surface area (Å²) in [4.78, 5) is 6.84. The molecule has 0 radical (unpaired) electrons. The number of likely N-dealkylation sites (tertiary alicyclic amines) is 1. The van der Waals surface area contributed by atoms with Crippen LogP contribution in [0, 0.1) is 11.8 Å². The first-order valence-corrected chi connectivity index (χ1v) is 6.32. The molecule has 0 amide bonds. The second-order valence-electron chi connectivity index (χ2n) is 5.37. The van der Waals surface area contributed by atoms with Crippen LogP contribution < -0.4 is 11.3 Å². The normalized spacial score (nSPS) is 27.4. The second kappa shape index (κ2) is 6.09. The maximum Gasteiger partial charge on any atom is 0.208 e. The molecule has 94 valence electrons. The smallest absolute Gasteiger partial charge is 0.208 e. The van der Waals surface area contributed by atoms with E-state index in [0.717, 1.165) is 25.0 Å². The van der Waals surface area contributed by atoms with Crippen LogP contribution >= 0.6 is 0 Å². The lowest BCUT2D eigenvalue weighted by Crippen LogP contribution is -2.52. The fraction of sp³-hybridized carbons (Fsp3) is 0.917. The molecule has 1 saturated heterocycles. The number of nitrogens with two attached hydrogens (primary N) is 1. The van der Waals surface area contributed by atoms with E-state index >= 15 is 0 Å². The highest BCUT2D eigenvalue weighted by Crippen LogP contribution is 2.21.